The van der Waals surface area contributed by atoms with E-state index in [0.29, 0.717) is 0 Å². The van der Waals surface area contributed by atoms with Gasteiger partial charge in [-0.15, -0.1) is 0 Å². The Labute approximate surface area is 345 Å². The van der Waals surface area contributed by atoms with Crippen molar-refractivity contribution in [3.63, 3.8) is 0 Å². The Morgan fingerprint density at radius 1 is 0.189 bits per heavy atom. The summed E-state index contributed by atoms with van der Waals surface area (Å²) >= 11 is 14.4. The van der Waals surface area contributed by atoms with Crippen LogP contribution in [0.2, 0.25) is 0 Å². The molecule has 0 heterocycles. The van der Waals surface area contributed by atoms with E-state index in [4.69, 9.17) is 0 Å². The first-order chi connectivity index (χ1) is 25.9. The van der Waals surface area contributed by atoms with E-state index >= 15 is 0 Å². The summed E-state index contributed by atoms with van der Waals surface area (Å²) in [4.78, 5) is 0. The van der Waals surface area contributed by atoms with Gasteiger partial charge in [-0.25, -0.2) is 0 Å². The number of benzene rings is 8. The second-order valence-corrected chi connectivity index (χ2v) is 16.7. The lowest BCUT2D eigenvalue weighted by Crippen LogP contribution is -2.31. The molecule has 4 heteroatoms. The summed E-state index contributed by atoms with van der Waals surface area (Å²) in [6.07, 6.45) is 0. The molecule has 8 rings (SSSR count). The van der Waals surface area contributed by atoms with Crippen molar-refractivity contribution in [1.29, 1.82) is 0 Å². The van der Waals surface area contributed by atoms with Crippen molar-refractivity contribution in [2.24, 2.45) is 0 Å². The maximum Gasteiger partial charge on any atom is 0.0701 e. The molecule has 53 heavy (non-hydrogen) atoms. The average molecular weight is 940 g/mol. The molecule has 256 valence electrons. The molecule has 0 aliphatic carbocycles. The van der Waals surface area contributed by atoms with Crippen LogP contribution in [-0.2, 0) is 5.41 Å². The van der Waals surface area contributed by atoms with Gasteiger partial charge < -0.3 is 0 Å². The predicted molar refractivity (Wildman–Crippen MR) is 237 cm³/mol. The van der Waals surface area contributed by atoms with Crippen molar-refractivity contribution in [3.8, 4) is 44.5 Å². The minimum Gasteiger partial charge on any atom is -0.0568 e. The molecule has 0 saturated heterocycles. The largest absolute Gasteiger partial charge is 0.0701 e. The third-order valence-electron chi connectivity index (χ3n) is 9.98. The molecule has 8 aromatic rings. The number of hydrogen-bond acceptors (Lipinski definition) is 0. The molecular weight excluding hydrogens is 908 g/mol. The summed E-state index contributed by atoms with van der Waals surface area (Å²) in [6, 6.07) is 70.6. The van der Waals surface area contributed by atoms with Crippen LogP contribution < -0.4 is 0 Å². The maximum absolute atomic E-state index is 3.60. The fraction of sp³-hybridized carbons (Fsp3) is 0.0204. The van der Waals surface area contributed by atoms with Crippen LogP contribution in [0, 0.1) is 0 Å². The highest BCUT2D eigenvalue weighted by molar-refractivity contribution is 9.11. The second-order valence-electron chi connectivity index (χ2n) is 13.1. The smallest absolute Gasteiger partial charge is 0.0568 e. The lowest BCUT2D eigenvalue weighted by atomic mass is 9.64. The third-order valence-corrected chi connectivity index (χ3v) is 12.1. The first-order valence-electron chi connectivity index (χ1n) is 17.3. The maximum atomic E-state index is 3.60. The van der Waals surface area contributed by atoms with Gasteiger partial charge in [0.15, 0.2) is 0 Å². The number of halogens is 4. The molecular formula is C49H32Br4. The average Bonchev–Trinajstić information content (AvgIpc) is 3.20. The van der Waals surface area contributed by atoms with Gasteiger partial charge in [0.1, 0.15) is 0 Å². The van der Waals surface area contributed by atoms with Gasteiger partial charge in [-0.2, -0.15) is 0 Å². The van der Waals surface area contributed by atoms with Gasteiger partial charge in [0.2, 0.25) is 0 Å². The molecule has 0 nitrogen and oxygen atoms in total. The minimum absolute atomic E-state index is 0.618. The summed E-state index contributed by atoms with van der Waals surface area (Å²) in [5.41, 5.74) is 13.6. The molecule has 0 radical (unpaired) electrons. The lowest BCUT2D eigenvalue weighted by molar-refractivity contribution is 0.745. The summed E-state index contributed by atoms with van der Waals surface area (Å²) in [5, 5.41) is 0. The van der Waals surface area contributed by atoms with E-state index in [1.54, 1.807) is 0 Å². The summed E-state index contributed by atoms with van der Waals surface area (Å²) in [7, 11) is 0. The van der Waals surface area contributed by atoms with E-state index in [9.17, 15) is 0 Å². The van der Waals surface area contributed by atoms with Gasteiger partial charge >= 0.3 is 0 Å². The lowest BCUT2D eigenvalue weighted by Gasteiger charge is -2.37. The molecule has 0 bridgehead atoms. The van der Waals surface area contributed by atoms with Crippen LogP contribution in [0.25, 0.3) is 44.5 Å². The molecule has 0 fully saturated rings. The predicted octanol–water partition coefficient (Wildman–Crippen LogP) is 15.8. The molecule has 0 aliphatic heterocycles. The van der Waals surface area contributed by atoms with E-state index in [0.717, 1.165) is 17.9 Å². The molecule has 0 atom stereocenters. The van der Waals surface area contributed by atoms with Crippen molar-refractivity contribution < 1.29 is 0 Å². The zero-order valence-electron chi connectivity index (χ0n) is 28.5. The Balaban J connectivity index is 1.33. The van der Waals surface area contributed by atoms with Gasteiger partial charge in [-0.3, -0.25) is 0 Å². The molecule has 0 amide bonds. The summed E-state index contributed by atoms with van der Waals surface area (Å²) in [5.74, 6) is 0. The van der Waals surface area contributed by atoms with Crippen LogP contribution in [0.4, 0.5) is 0 Å². The molecule has 0 spiro atoms. The SMILES string of the molecule is Brc1ccc(-c2ccc(C(c3ccc(-c4ccc(Br)cc4)cc3)(c3ccc(-c4ccc(Br)cc4)cc3)c3ccc(-c4ccc(Br)cc4)cc3)cc2)cc1. The van der Waals surface area contributed by atoms with Crippen LogP contribution >= 0.6 is 63.7 Å². The highest BCUT2D eigenvalue weighted by atomic mass is 79.9. The molecule has 0 aromatic heterocycles. The van der Waals surface area contributed by atoms with E-state index in [1.807, 2.05) is 0 Å². The zero-order chi connectivity index (χ0) is 36.4. The van der Waals surface area contributed by atoms with E-state index in [-0.39, 0.29) is 0 Å². The van der Waals surface area contributed by atoms with Crippen molar-refractivity contribution in [2.75, 3.05) is 0 Å². The van der Waals surface area contributed by atoms with Gasteiger partial charge in [0, 0.05) is 17.9 Å². The molecule has 0 saturated carbocycles. The van der Waals surface area contributed by atoms with Gasteiger partial charge in [-0.05, 0) is 115 Å². The third kappa shape index (κ3) is 7.43. The van der Waals surface area contributed by atoms with Crippen molar-refractivity contribution in [1.82, 2.24) is 0 Å². The quantitative estimate of drug-likeness (QED) is 0.133. The molecule has 0 N–H and O–H groups in total. The second kappa shape index (κ2) is 15.6. The van der Waals surface area contributed by atoms with Crippen LogP contribution in [0.5, 0.6) is 0 Å². The topological polar surface area (TPSA) is 0 Å². The monoisotopic (exact) mass is 936 g/mol. The molecule has 0 unspecified atom stereocenters. The Hall–Kier alpha value is -4.32. The minimum atomic E-state index is -0.618. The van der Waals surface area contributed by atoms with Gasteiger partial charge in [-0.1, -0.05) is 209 Å². The van der Waals surface area contributed by atoms with Crippen LogP contribution in [0.1, 0.15) is 22.3 Å². The molecule has 8 aromatic carbocycles. The standard InChI is InChI=1S/C49H32Br4/c50-45-25-9-37(10-26-45)33-1-17-41(18-2-33)49(42-19-3-34(4-20-42)38-11-27-46(51)28-12-38,43-21-5-35(6-22-43)39-13-29-47(52)30-14-39)44-23-7-36(8-24-44)40-15-31-48(53)32-16-40/h1-32H. The first-order valence-corrected chi connectivity index (χ1v) is 20.5. The Morgan fingerprint density at radius 3 is 0.472 bits per heavy atom. The number of rotatable bonds is 8. The van der Waals surface area contributed by atoms with Gasteiger partial charge in [0.25, 0.3) is 0 Å². The summed E-state index contributed by atoms with van der Waals surface area (Å²) in [6.45, 7) is 0. The highest BCUT2D eigenvalue weighted by Gasteiger charge is 2.38. The molecule has 0 aliphatic rings. The number of hydrogen-bond donors (Lipinski definition) is 0. The van der Waals surface area contributed by atoms with E-state index in [1.165, 1.54) is 66.8 Å². The fourth-order valence-electron chi connectivity index (χ4n) is 7.22. The van der Waals surface area contributed by atoms with Crippen LogP contribution in [-0.4, -0.2) is 0 Å². The van der Waals surface area contributed by atoms with Crippen molar-refractivity contribution in [3.05, 3.63) is 234 Å². The van der Waals surface area contributed by atoms with Gasteiger partial charge in [0.05, 0.1) is 5.41 Å². The Morgan fingerprint density at radius 2 is 0.321 bits per heavy atom. The Kier molecular flexibility index (Phi) is 10.5. The zero-order valence-corrected chi connectivity index (χ0v) is 34.8. The summed E-state index contributed by atoms with van der Waals surface area (Å²) < 4.78 is 4.28. The van der Waals surface area contributed by atoms with E-state index < -0.39 is 5.41 Å². The van der Waals surface area contributed by atoms with Crippen molar-refractivity contribution >= 4 is 63.7 Å². The first kappa shape index (κ1) is 35.7. The highest BCUT2D eigenvalue weighted by Crippen LogP contribution is 2.47. The van der Waals surface area contributed by atoms with Crippen LogP contribution in [0.3, 0.4) is 0 Å². The fourth-order valence-corrected chi connectivity index (χ4v) is 8.28. The van der Waals surface area contributed by atoms with Crippen molar-refractivity contribution in [2.45, 2.75) is 5.41 Å². The van der Waals surface area contributed by atoms with E-state index in [2.05, 4.69) is 258 Å². The van der Waals surface area contributed by atoms with Crippen LogP contribution in [0.15, 0.2) is 212 Å². The Bertz CT molecular complexity index is 2090. The normalized spacial score (nSPS) is 11.4.